The molecule has 1 aromatic rings. The minimum atomic E-state index is -0.922. The number of carboxylic acid groups (broad SMARTS) is 1. The molecule has 2 atom stereocenters. The molecule has 0 saturated heterocycles. The van der Waals surface area contributed by atoms with Crippen molar-refractivity contribution in [2.24, 2.45) is 5.92 Å². The number of aliphatic hydroxyl groups excluding tert-OH is 1. The normalized spacial score (nSPS) is 14.3. The van der Waals surface area contributed by atoms with Crippen molar-refractivity contribution in [3.8, 4) is 0 Å². The monoisotopic (exact) mass is 236 g/mol. The lowest BCUT2D eigenvalue weighted by molar-refractivity contribution is -0.146. The van der Waals surface area contributed by atoms with Crippen LogP contribution in [0.3, 0.4) is 0 Å². The fourth-order valence-corrected chi connectivity index (χ4v) is 1.98. The van der Waals surface area contributed by atoms with Crippen LogP contribution in [0.15, 0.2) is 24.3 Å². The van der Waals surface area contributed by atoms with Crippen molar-refractivity contribution in [2.45, 2.75) is 39.2 Å². The van der Waals surface area contributed by atoms with E-state index in [1.807, 2.05) is 32.0 Å². The van der Waals surface area contributed by atoms with E-state index in [0.717, 1.165) is 24.0 Å². The van der Waals surface area contributed by atoms with Gasteiger partial charge in [-0.15, -0.1) is 0 Å². The summed E-state index contributed by atoms with van der Waals surface area (Å²) in [4.78, 5) is 11.2. The van der Waals surface area contributed by atoms with Gasteiger partial charge in [-0.25, -0.2) is 0 Å². The largest absolute Gasteiger partial charge is 0.481 e. The van der Waals surface area contributed by atoms with Crippen LogP contribution in [-0.4, -0.2) is 16.2 Å². The molecule has 1 rings (SSSR count). The van der Waals surface area contributed by atoms with Gasteiger partial charge in [0.1, 0.15) is 0 Å². The molecule has 2 unspecified atom stereocenters. The fourth-order valence-electron chi connectivity index (χ4n) is 1.98. The Kier molecular flexibility index (Phi) is 5.16. The van der Waals surface area contributed by atoms with E-state index in [4.69, 9.17) is 5.11 Å². The number of aliphatic carboxylic acids is 1. The molecular formula is C14H20O3. The van der Waals surface area contributed by atoms with Crippen molar-refractivity contribution in [2.75, 3.05) is 0 Å². The molecule has 2 N–H and O–H groups in total. The molecule has 17 heavy (non-hydrogen) atoms. The average Bonchev–Trinajstić information content (AvgIpc) is 2.29. The molecule has 0 radical (unpaired) electrons. The van der Waals surface area contributed by atoms with Crippen molar-refractivity contribution in [1.29, 1.82) is 0 Å². The van der Waals surface area contributed by atoms with Crippen molar-refractivity contribution in [1.82, 2.24) is 0 Å². The first-order chi connectivity index (χ1) is 8.07. The maximum absolute atomic E-state index is 11.2. The molecule has 0 aliphatic heterocycles. The summed E-state index contributed by atoms with van der Waals surface area (Å²) in [7, 11) is 0. The van der Waals surface area contributed by atoms with Crippen LogP contribution in [0.1, 0.15) is 43.4 Å². The van der Waals surface area contributed by atoms with E-state index < -0.39 is 18.0 Å². The van der Waals surface area contributed by atoms with Crippen molar-refractivity contribution >= 4 is 5.97 Å². The van der Waals surface area contributed by atoms with Gasteiger partial charge in [0.25, 0.3) is 0 Å². The minimum absolute atomic E-state index is 0.515. The molecule has 3 heteroatoms. The highest BCUT2D eigenvalue weighted by molar-refractivity contribution is 5.71. The number of carbonyl (C=O) groups is 1. The summed E-state index contributed by atoms with van der Waals surface area (Å²) >= 11 is 0. The van der Waals surface area contributed by atoms with Crippen molar-refractivity contribution < 1.29 is 15.0 Å². The first kappa shape index (κ1) is 13.7. The standard InChI is InChI=1S/C14H20O3/c1-3-4-8-12(14(16)17)13(15)11-9-6-5-7-10(11)2/h5-7,9,12-13,15H,3-4,8H2,1-2H3,(H,16,17). The molecule has 0 spiro atoms. The van der Waals surface area contributed by atoms with Gasteiger partial charge in [0.15, 0.2) is 0 Å². The summed E-state index contributed by atoms with van der Waals surface area (Å²) < 4.78 is 0. The van der Waals surface area contributed by atoms with Gasteiger partial charge in [-0.2, -0.15) is 0 Å². The Balaban J connectivity index is 2.88. The summed E-state index contributed by atoms with van der Waals surface area (Å²) in [5.74, 6) is -1.63. The number of carboxylic acids is 1. The second kappa shape index (κ2) is 6.40. The molecule has 94 valence electrons. The molecular weight excluding hydrogens is 216 g/mol. The summed E-state index contributed by atoms with van der Waals surface area (Å²) in [5, 5.41) is 19.3. The second-order valence-electron chi connectivity index (χ2n) is 4.39. The van der Waals surface area contributed by atoms with Gasteiger partial charge in [0.05, 0.1) is 12.0 Å². The average molecular weight is 236 g/mol. The summed E-state index contributed by atoms with van der Waals surface area (Å²) in [6, 6.07) is 7.39. The molecule has 0 bridgehead atoms. The van der Waals surface area contributed by atoms with Gasteiger partial charge in [0.2, 0.25) is 0 Å². The van der Waals surface area contributed by atoms with Crippen LogP contribution >= 0.6 is 0 Å². The SMILES string of the molecule is CCCCC(C(=O)O)C(O)c1ccccc1C. The smallest absolute Gasteiger partial charge is 0.309 e. The zero-order valence-electron chi connectivity index (χ0n) is 10.4. The third-order valence-electron chi connectivity index (χ3n) is 3.07. The van der Waals surface area contributed by atoms with Crippen molar-refractivity contribution in [3.05, 3.63) is 35.4 Å². The second-order valence-corrected chi connectivity index (χ2v) is 4.39. The number of hydrogen-bond acceptors (Lipinski definition) is 2. The highest BCUT2D eigenvalue weighted by Crippen LogP contribution is 2.28. The fraction of sp³-hybridized carbons (Fsp3) is 0.500. The number of unbranched alkanes of at least 4 members (excludes halogenated alkanes) is 1. The van der Waals surface area contributed by atoms with Gasteiger partial charge in [-0.05, 0) is 24.5 Å². The summed E-state index contributed by atoms with van der Waals surface area (Å²) in [5.41, 5.74) is 1.65. The van der Waals surface area contributed by atoms with Gasteiger partial charge in [-0.3, -0.25) is 4.79 Å². The molecule has 0 heterocycles. The van der Waals surface area contributed by atoms with Crippen LogP contribution in [0.5, 0.6) is 0 Å². The van der Waals surface area contributed by atoms with Gasteiger partial charge in [-0.1, -0.05) is 44.0 Å². The van der Waals surface area contributed by atoms with Crippen LogP contribution in [0, 0.1) is 12.8 Å². The van der Waals surface area contributed by atoms with Gasteiger partial charge < -0.3 is 10.2 Å². The lowest BCUT2D eigenvalue weighted by Gasteiger charge is -2.20. The van der Waals surface area contributed by atoms with Crippen molar-refractivity contribution in [3.63, 3.8) is 0 Å². The van der Waals surface area contributed by atoms with E-state index >= 15 is 0 Å². The Morgan fingerprint density at radius 3 is 2.53 bits per heavy atom. The van der Waals surface area contributed by atoms with E-state index in [0.29, 0.717) is 6.42 Å². The summed E-state index contributed by atoms with van der Waals surface area (Å²) in [6.45, 7) is 3.90. The quantitative estimate of drug-likeness (QED) is 0.798. The molecule has 1 aromatic carbocycles. The predicted molar refractivity (Wildman–Crippen MR) is 66.8 cm³/mol. The van der Waals surface area contributed by atoms with Crippen LogP contribution in [-0.2, 0) is 4.79 Å². The Morgan fingerprint density at radius 2 is 2.00 bits per heavy atom. The van der Waals surface area contributed by atoms with E-state index in [9.17, 15) is 9.90 Å². The minimum Gasteiger partial charge on any atom is -0.481 e. The van der Waals surface area contributed by atoms with E-state index in [1.165, 1.54) is 0 Å². The molecule has 0 saturated carbocycles. The van der Waals surface area contributed by atoms with Crippen LogP contribution in [0.25, 0.3) is 0 Å². The Morgan fingerprint density at radius 1 is 1.35 bits per heavy atom. The Bertz CT molecular complexity index is 373. The van der Waals surface area contributed by atoms with E-state index in [2.05, 4.69) is 0 Å². The first-order valence-corrected chi connectivity index (χ1v) is 6.04. The first-order valence-electron chi connectivity index (χ1n) is 6.04. The number of rotatable bonds is 6. The van der Waals surface area contributed by atoms with Gasteiger partial charge >= 0.3 is 5.97 Å². The number of aliphatic hydroxyl groups is 1. The van der Waals surface area contributed by atoms with Crippen LogP contribution < -0.4 is 0 Å². The lowest BCUT2D eigenvalue weighted by Crippen LogP contribution is -2.22. The maximum Gasteiger partial charge on any atom is 0.309 e. The lowest BCUT2D eigenvalue weighted by atomic mass is 9.89. The zero-order valence-corrected chi connectivity index (χ0v) is 10.4. The third kappa shape index (κ3) is 3.56. The maximum atomic E-state index is 11.2. The summed E-state index contributed by atoms with van der Waals surface area (Å²) in [6.07, 6.45) is 1.35. The Labute approximate surface area is 102 Å². The predicted octanol–water partition coefficient (Wildman–Crippen LogP) is 2.92. The number of aryl methyl sites for hydroxylation is 1. The number of hydrogen-bond donors (Lipinski definition) is 2. The number of benzene rings is 1. The van der Waals surface area contributed by atoms with Crippen LogP contribution in [0.2, 0.25) is 0 Å². The molecule has 0 amide bonds. The van der Waals surface area contributed by atoms with E-state index in [1.54, 1.807) is 6.07 Å². The highest BCUT2D eigenvalue weighted by atomic mass is 16.4. The highest BCUT2D eigenvalue weighted by Gasteiger charge is 2.27. The Hall–Kier alpha value is -1.35. The third-order valence-corrected chi connectivity index (χ3v) is 3.07. The topological polar surface area (TPSA) is 57.5 Å². The molecule has 0 fully saturated rings. The molecule has 0 aliphatic carbocycles. The molecule has 0 aliphatic rings. The van der Waals surface area contributed by atoms with E-state index in [-0.39, 0.29) is 0 Å². The molecule has 0 aromatic heterocycles. The zero-order chi connectivity index (χ0) is 12.8. The van der Waals surface area contributed by atoms with Gasteiger partial charge in [0, 0.05) is 0 Å². The molecule has 3 nitrogen and oxygen atoms in total. The van der Waals surface area contributed by atoms with Crippen LogP contribution in [0.4, 0.5) is 0 Å².